The van der Waals surface area contributed by atoms with Crippen LogP contribution in [0.5, 0.6) is 0 Å². The van der Waals surface area contributed by atoms with Crippen LogP contribution in [0, 0.1) is 0 Å². The van der Waals surface area contributed by atoms with E-state index in [1.165, 1.54) is 12.8 Å². The fourth-order valence-electron chi connectivity index (χ4n) is 3.01. The zero-order chi connectivity index (χ0) is 14.0. The first-order valence-electron chi connectivity index (χ1n) is 7.15. The minimum Gasteiger partial charge on any atom is -0.393 e. The SMILES string of the molecule is CCc1nn(C)c(Cl)c1CN1CCCC1CC(C)O. The lowest BCUT2D eigenvalue weighted by molar-refractivity contribution is 0.130. The van der Waals surface area contributed by atoms with Crippen LogP contribution in [-0.4, -0.2) is 38.5 Å². The van der Waals surface area contributed by atoms with Crippen LogP contribution in [-0.2, 0) is 20.0 Å². The normalized spacial score (nSPS) is 22.1. The molecule has 0 aliphatic carbocycles. The maximum Gasteiger partial charge on any atom is 0.131 e. The molecular formula is C14H24ClN3O. The van der Waals surface area contributed by atoms with E-state index in [1.54, 1.807) is 4.68 Å². The summed E-state index contributed by atoms with van der Waals surface area (Å²) >= 11 is 6.35. The largest absolute Gasteiger partial charge is 0.393 e. The first-order valence-corrected chi connectivity index (χ1v) is 7.53. The van der Waals surface area contributed by atoms with E-state index in [-0.39, 0.29) is 6.10 Å². The molecule has 0 amide bonds. The molecule has 1 aromatic heterocycles. The van der Waals surface area contributed by atoms with Gasteiger partial charge >= 0.3 is 0 Å². The summed E-state index contributed by atoms with van der Waals surface area (Å²) in [6.07, 6.45) is 3.89. The van der Waals surface area contributed by atoms with E-state index in [2.05, 4.69) is 16.9 Å². The third-order valence-corrected chi connectivity index (χ3v) is 4.43. The van der Waals surface area contributed by atoms with E-state index < -0.39 is 0 Å². The van der Waals surface area contributed by atoms with Crippen LogP contribution in [0.3, 0.4) is 0 Å². The molecule has 1 N–H and O–H groups in total. The molecule has 1 aliphatic heterocycles. The van der Waals surface area contributed by atoms with Gasteiger partial charge in [-0.3, -0.25) is 9.58 Å². The van der Waals surface area contributed by atoms with Gasteiger partial charge in [-0.2, -0.15) is 5.10 Å². The average molecular weight is 286 g/mol. The van der Waals surface area contributed by atoms with Crippen molar-refractivity contribution in [3.63, 3.8) is 0 Å². The second-order valence-electron chi connectivity index (χ2n) is 5.54. The highest BCUT2D eigenvalue weighted by Crippen LogP contribution is 2.28. The number of aliphatic hydroxyl groups is 1. The first-order chi connectivity index (χ1) is 9.02. The first kappa shape index (κ1) is 14.8. The number of nitrogens with zero attached hydrogens (tertiary/aromatic N) is 3. The molecule has 1 saturated heterocycles. The summed E-state index contributed by atoms with van der Waals surface area (Å²) in [5.41, 5.74) is 2.25. The molecule has 1 fully saturated rings. The van der Waals surface area contributed by atoms with Gasteiger partial charge in [0.1, 0.15) is 5.15 Å². The fraction of sp³-hybridized carbons (Fsp3) is 0.786. The minimum atomic E-state index is -0.236. The van der Waals surface area contributed by atoms with Crippen molar-refractivity contribution in [1.82, 2.24) is 14.7 Å². The van der Waals surface area contributed by atoms with Gasteiger partial charge in [0, 0.05) is 25.2 Å². The number of rotatable bonds is 5. The van der Waals surface area contributed by atoms with Crippen molar-refractivity contribution in [1.29, 1.82) is 0 Å². The van der Waals surface area contributed by atoms with Gasteiger partial charge in [0.05, 0.1) is 11.8 Å². The Bertz CT molecular complexity index is 431. The third kappa shape index (κ3) is 3.30. The molecule has 0 spiro atoms. The number of aromatic nitrogens is 2. The molecule has 0 bridgehead atoms. The molecule has 19 heavy (non-hydrogen) atoms. The Morgan fingerprint density at radius 2 is 2.26 bits per heavy atom. The van der Waals surface area contributed by atoms with Gasteiger partial charge in [0.2, 0.25) is 0 Å². The number of hydrogen-bond acceptors (Lipinski definition) is 3. The van der Waals surface area contributed by atoms with Gasteiger partial charge in [-0.05, 0) is 39.2 Å². The molecule has 1 aromatic rings. The Balaban J connectivity index is 2.12. The number of hydrogen-bond donors (Lipinski definition) is 1. The van der Waals surface area contributed by atoms with Crippen LogP contribution in [0.4, 0.5) is 0 Å². The molecule has 2 unspecified atom stereocenters. The highest BCUT2D eigenvalue weighted by molar-refractivity contribution is 6.30. The highest BCUT2D eigenvalue weighted by atomic mass is 35.5. The standard InChI is InChI=1S/C14H24ClN3O/c1-4-13-12(14(15)17(3)16-13)9-18-7-5-6-11(18)8-10(2)19/h10-11,19H,4-9H2,1-3H3. The maximum absolute atomic E-state index is 9.59. The molecule has 0 saturated carbocycles. The summed E-state index contributed by atoms with van der Waals surface area (Å²) in [6.45, 7) is 5.92. The second kappa shape index (κ2) is 6.25. The van der Waals surface area contributed by atoms with Crippen molar-refractivity contribution in [2.45, 2.75) is 58.2 Å². The minimum absolute atomic E-state index is 0.236. The molecule has 4 nitrogen and oxygen atoms in total. The quantitative estimate of drug-likeness (QED) is 0.903. The van der Waals surface area contributed by atoms with Gasteiger partial charge < -0.3 is 5.11 Å². The van der Waals surface area contributed by atoms with E-state index in [1.807, 2.05) is 14.0 Å². The van der Waals surface area contributed by atoms with Crippen molar-refractivity contribution in [3.8, 4) is 0 Å². The van der Waals surface area contributed by atoms with Gasteiger partial charge in [0.25, 0.3) is 0 Å². The summed E-state index contributed by atoms with van der Waals surface area (Å²) in [4.78, 5) is 2.44. The summed E-state index contributed by atoms with van der Waals surface area (Å²) < 4.78 is 1.76. The Morgan fingerprint density at radius 3 is 2.89 bits per heavy atom. The molecule has 2 atom stereocenters. The molecule has 2 heterocycles. The van der Waals surface area contributed by atoms with E-state index in [0.29, 0.717) is 6.04 Å². The molecule has 5 heteroatoms. The Labute approximate surface area is 120 Å². The molecule has 108 valence electrons. The van der Waals surface area contributed by atoms with Crippen molar-refractivity contribution in [3.05, 3.63) is 16.4 Å². The zero-order valence-electron chi connectivity index (χ0n) is 12.1. The highest BCUT2D eigenvalue weighted by Gasteiger charge is 2.27. The van der Waals surface area contributed by atoms with Crippen LogP contribution in [0.1, 0.15) is 44.4 Å². The zero-order valence-corrected chi connectivity index (χ0v) is 12.8. The number of aliphatic hydroxyl groups excluding tert-OH is 1. The van der Waals surface area contributed by atoms with Gasteiger partial charge in [-0.15, -0.1) is 0 Å². The van der Waals surface area contributed by atoms with Crippen molar-refractivity contribution >= 4 is 11.6 Å². The second-order valence-corrected chi connectivity index (χ2v) is 5.90. The summed E-state index contributed by atoms with van der Waals surface area (Å²) in [6, 6.07) is 0.473. The van der Waals surface area contributed by atoms with Crippen LogP contribution in [0.25, 0.3) is 0 Å². The smallest absolute Gasteiger partial charge is 0.131 e. The predicted molar refractivity (Wildman–Crippen MR) is 77.3 cm³/mol. The topological polar surface area (TPSA) is 41.3 Å². The summed E-state index contributed by atoms with van der Waals surface area (Å²) in [5, 5.41) is 14.8. The lowest BCUT2D eigenvalue weighted by Gasteiger charge is -2.25. The molecular weight excluding hydrogens is 262 g/mol. The average Bonchev–Trinajstić information content (AvgIpc) is 2.88. The predicted octanol–water partition coefficient (Wildman–Crippen LogP) is 2.37. The van der Waals surface area contributed by atoms with E-state index >= 15 is 0 Å². The lowest BCUT2D eigenvalue weighted by atomic mass is 10.1. The van der Waals surface area contributed by atoms with Crippen molar-refractivity contribution in [2.24, 2.45) is 7.05 Å². The van der Waals surface area contributed by atoms with Crippen LogP contribution in [0.2, 0.25) is 5.15 Å². The van der Waals surface area contributed by atoms with Gasteiger partial charge in [-0.1, -0.05) is 18.5 Å². The Morgan fingerprint density at radius 1 is 1.53 bits per heavy atom. The molecule has 2 rings (SSSR count). The van der Waals surface area contributed by atoms with E-state index in [4.69, 9.17) is 11.6 Å². The fourth-order valence-corrected chi connectivity index (χ4v) is 3.21. The summed E-state index contributed by atoms with van der Waals surface area (Å²) in [7, 11) is 1.89. The monoisotopic (exact) mass is 285 g/mol. The Hall–Kier alpha value is -0.580. The third-order valence-electron chi connectivity index (χ3n) is 3.96. The van der Waals surface area contributed by atoms with Crippen molar-refractivity contribution in [2.75, 3.05) is 6.54 Å². The Kier molecular flexibility index (Phi) is 4.87. The van der Waals surface area contributed by atoms with Crippen molar-refractivity contribution < 1.29 is 5.11 Å². The number of likely N-dealkylation sites (tertiary alicyclic amines) is 1. The lowest BCUT2D eigenvalue weighted by Crippen LogP contribution is -2.31. The molecule has 1 aliphatic rings. The van der Waals surface area contributed by atoms with Crippen LogP contribution < -0.4 is 0 Å². The molecule has 0 aromatic carbocycles. The number of aryl methyl sites for hydroxylation is 2. The maximum atomic E-state index is 9.59. The van der Waals surface area contributed by atoms with Gasteiger partial charge in [-0.25, -0.2) is 0 Å². The van der Waals surface area contributed by atoms with Crippen LogP contribution >= 0.6 is 11.6 Å². The summed E-state index contributed by atoms with van der Waals surface area (Å²) in [5.74, 6) is 0. The van der Waals surface area contributed by atoms with E-state index in [9.17, 15) is 5.11 Å². The molecule has 0 radical (unpaired) electrons. The number of halogens is 1. The van der Waals surface area contributed by atoms with Gasteiger partial charge in [0.15, 0.2) is 0 Å². The van der Waals surface area contributed by atoms with E-state index in [0.717, 1.165) is 42.3 Å². The van der Waals surface area contributed by atoms with Crippen LogP contribution in [0.15, 0.2) is 0 Å².